The minimum Gasteiger partial charge on any atom is -0.481 e. The maximum atomic E-state index is 10.7. The van der Waals surface area contributed by atoms with Crippen molar-refractivity contribution < 1.29 is 9.90 Å². The van der Waals surface area contributed by atoms with Crippen molar-refractivity contribution in [2.24, 2.45) is 11.3 Å². The zero-order valence-electron chi connectivity index (χ0n) is 10.1. The summed E-state index contributed by atoms with van der Waals surface area (Å²) in [6, 6.07) is 0. The number of carboxylic acid groups (broad SMARTS) is 1. The van der Waals surface area contributed by atoms with Crippen molar-refractivity contribution >= 4 is 17.7 Å². The molecule has 2 fully saturated rings. The number of rotatable bonds is 5. The van der Waals surface area contributed by atoms with Crippen LogP contribution in [0.3, 0.4) is 0 Å². The molecule has 0 amide bonds. The number of hydrogen-bond donors (Lipinski definition) is 1. The van der Waals surface area contributed by atoms with E-state index in [9.17, 15) is 4.79 Å². The highest BCUT2D eigenvalue weighted by Gasteiger charge is 2.44. The molecule has 0 aliphatic heterocycles. The fraction of sp³-hybridized carbons (Fsp3) is 0.923. The number of aliphatic carboxylic acids is 1. The minimum atomic E-state index is -0.615. The van der Waals surface area contributed by atoms with Crippen LogP contribution in [-0.2, 0) is 4.79 Å². The van der Waals surface area contributed by atoms with E-state index in [1.165, 1.54) is 25.7 Å². The van der Waals surface area contributed by atoms with Crippen LogP contribution in [0.1, 0.15) is 51.9 Å². The van der Waals surface area contributed by atoms with Crippen LogP contribution >= 0.6 is 11.8 Å². The molecule has 2 saturated carbocycles. The summed E-state index contributed by atoms with van der Waals surface area (Å²) < 4.78 is 0. The van der Waals surface area contributed by atoms with Crippen LogP contribution in [0.15, 0.2) is 0 Å². The van der Waals surface area contributed by atoms with E-state index >= 15 is 0 Å². The summed E-state index contributed by atoms with van der Waals surface area (Å²) >= 11 is 2.05. The Bertz CT molecular complexity index is 253. The summed E-state index contributed by atoms with van der Waals surface area (Å²) in [7, 11) is 0. The van der Waals surface area contributed by atoms with Crippen molar-refractivity contribution in [2.45, 2.75) is 57.1 Å². The third-order valence-electron chi connectivity index (χ3n) is 4.07. The third-order valence-corrected chi connectivity index (χ3v) is 5.79. The molecule has 0 spiro atoms. The van der Waals surface area contributed by atoms with E-state index in [1.807, 2.05) is 11.8 Å². The lowest BCUT2D eigenvalue weighted by Gasteiger charge is -2.27. The molecule has 0 heterocycles. The van der Waals surface area contributed by atoms with Gasteiger partial charge in [0.05, 0.1) is 6.42 Å². The van der Waals surface area contributed by atoms with E-state index in [0.717, 1.165) is 29.8 Å². The second kappa shape index (κ2) is 4.99. The van der Waals surface area contributed by atoms with Crippen LogP contribution in [0.25, 0.3) is 0 Å². The van der Waals surface area contributed by atoms with Crippen molar-refractivity contribution in [1.82, 2.24) is 0 Å². The van der Waals surface area contributed by atoms with E-state index in [0.29, 0.717) is 6.42 Å². The topological polar surface area (TPSA) is 37.3 Å². The SMILES string of the molecule is CC1CCC(SCC2(CC(=O)O)CC2)CC1. The Labute approximate surface area is 102 Å². The quantitative estimate of drug-likeness (QED) is 0.801. The van der Waals surface area contributed by atoms with Crippen LogP contribution in [0.2, 0.25) is 0 Å². The Kier molecular flexibility index (Phi) is 3.83. The molecule has 2 aliphatic rings. The van der Waals surface area contributed by atoms with Gasteiger partial charge in [-0.3, -0.25) is 4.79 Å². The molecule has 0 saturated heterocycles. The highest BCUT2D eigenvalue weighted by molar-refractivity contribution is 7.99. The van der Waals surface area contributed by atoms with E-state index < -0.39 is 5.97 Å². The minimum absolute atomic E-state index is 0.180. The standard InChI is InChI=1S/C13H22O2S/c1-10-2-4-11(5-3-10)16-9-13(6-7-13)8-12(14)15/h10-11H,2-9H2,1H3,(H,14,15). The number of hydrogen-bond acceptors (Lipinski definition) is 2. The van der Waals surface area contributed by atoms with Gasteiger partial charge in [0.1, 0.15) is 0 Å². The third kappa shape index (κ3) is 3.41. The average molecular weight is 242 g/mol. The maximum Gasteiger partial charge on any atom is 0.303 e. The van der Waals surface area contributed by atoms with Gasteiger partial charge in [-0.15, -0.1) is 0 Å². The molecule has 2 rings (SSSR count). The van der Waals surface area contributed by atoms with E-state index in [-0.39, 0.29) is 5.41 Å². The number of carboxylic acids is 1. The van der Waals surface area contributed by atoms with Crippen LogP contribution in [0, 0.1) is 11.3 Å². The summed E-state index contributed by atoms with van der Waals surface area (Å²) in [5, 5.41) is 9.66. The highest BCUT2D eigenvalue weighted by atomic mass is 32.2. The molecular formula is C13H22O2S. The summed E-state index contributed by atoms with van der Waals surface area (Å²) in [5.74, 6) is 1.37. The molecule has 92 valence electrons. The Hall–Kier alpha value is -0.180. The summed E-state index contributed by atoms with van der Waals surface area (Å²) in [5.41, 5.74) is 0.180. The van der Waals surface area contributed by atoms with Crippen LogP contribution in [-0.4, -0.2) is 22.1 Å². The van der Waals surface area contributed by atoms with Gasteiger partial charge in [0, 0.05) is 5.25 Å². The summed E-state index contributed by atoms with van der Waals surface area (Å²) in [6.07, 6.45) is 8.07. The maximum absolute atomic E-state index is 10.7. The lowest BCUT2D eigenvalue weighted by Crippen LogP contribution is -2.18. The van der Waals surface area contributed by atoms with Gasteiger partial charge in [-0.2, -0.15) is 11.8 Å². The predicted octanol–water partition coefficient (Wildman–Crippen LogP) is 3.55. The van der Waals surface area contributed by atoms with Crippen molar-refractivity contribution in [2.75, 3.05) is 5.75 Å². The molecule has 1 N–H and O–H groups in total. The Balaban J connectivity index is 1.69. The highest BCUT2D eigenvalue weighted by Crippen LogP contribution is 2.52. The normalized spacial score (nSPS) is 32.3. The molecular weight excluding hydrogens is 220 g/mol. The van der Waals surface area contributed by atoms with E-state index in [2.05, 4.69) is 6.92 Å². The fourth-order valence-electron chi connectivity index (χ4n) is 2.56. The van der Waals surface area contributed by atoms with E-state index in [1.54, 1.807) is 0 Å². The van der Waals surface area contributed by atoms with Crippen molar-refractivity contribution in [1.29, 1.82) is 0 Å². The largest absolute Gasteiger partial charge is 0.481 e. The molecule has 0 radical (unpaired) electrons. The van der Waals surface area contributed by atoms with Gasteiger partial charge >= 0.3 is 5.97 Å². The molecule has 0 aromatic heterocycles. The zero-order valence-corrected chi connectivity index (χ0v) is 10.9. The first kappa shape index (κ1) is 12.3. The number of thioether (sulfide) groups is 1. The smallest absolute Gasteiger partial charge is 0.303 e. The molecule has 0 aromatic rings. The second-order valence-corrected chi connectivity index (χ2v) is 7.05. The zero-order chi connectivity index (χ0) is 11.6. The molecule has 0 atom stereocenters. The summed E-state index contributed by atoms with van der Waals surface area (Å²) in [6.45, 7) is 2.34. The van der Waals surface area contributed by atoms with Crippen molar-refractivity contribution in [3.8, 4) is 0 Å². The van der Waals surface area contributed by atoms with Crippen molar-refractivity contribution in [3.63, 3.8) is 0 Å². The molecule has 0 unspecified atom stereocenters. The second-order valence-electron chi connectivity index (χ2n) is 5.76. The van der Waals surface area contributed by atoms with E-state index in [4.69, 9.17) is 5.11 Å². The number of carbonyl (C=O) groups is 1. The molecule has 2 aliphatic carbocycles. The van der Waals surface area contributed by atoms with Gasteiger partial charge in [0.25, 0.3) is 0 Å². The first-order valence-electron chi connectivity index (χ1n) is 6.43. The lowest BCUT2D eigenvalue weighted by molar-refractivity contribution is -0.138. The Morgan fingerprint density at radius 3 is 2.44 bits per heavy atom. The van der Waals surface area contributed by atoms with Gasteiger partial charge in [0.2, 0.25) is 0 Å². The molecule has 2 nitrogen and oxygen atoms in total. The van der Waals surface area contributed by atoms with Gasteiger partial charge in [-0.05, 0) is 55.6 Å². The van der Waals surface area contributed by atoms with Crippen LogP contribution in [0.5, 0.6) is 0 Å². The fourth-order valence-corrected chi connectivity index (χ4v) is 4.15. The summed E-state index contributed by atoms with van der Waals surface area (Å²) in [4.78, 5) is 10.7. The van der Waals surface area contributed by atoms with Gasteiger partial charge in [0.15, 0.2) is 0 Å². The van der Waals surface area contributed by atoms with Gasteiger partial charge in [-0.25, -0.2) is 0 Å². The molecule has 0 aromatic carbocycles. The molecule has 0 bridgehead atoms. The first-order valence-corrected chi connectivity index (χ1v) is 7.48. The average Bonchev–Trinajstić information content (AvgIpc) is 2.97. The van der Waals surface area contributed by atoms with Crippen LogP contribution < -0.4 is 0 Å². The lowest BCUT2D eigenvalue weighted by atomic mass is 9.91. The predicted molar refractivity (Wildman–Crippen MR) is 67.8 cm³/mol. The first-order chi connectivity index (χ1) is 7.60. The van der Waals surface area contributed by atoms with Crippen LogP contribution in [0.4, 0.5) is 0 Å². The van der Waals surface area contributed by atoms with Crippen molar-refractivity contribution in [3.05, 3.63) is 0 Å². The Morgan fingerprint density at radius 2 is 1.94 bits per heavy atom. The molecule has 16 heavy (non-hydrogen) atoms. The van der Waals surface area contributed by atoms with Gasteiger partial charge < -0.3 is 5.11 Å². The molecule has 3 heteroatoms. The van der Waals surface area contributed by atoms with Gasteiger partial charge in [-0.1, -0.05) is 6.92 Å². The Morgan fingerprint density at radius 1 is 1.31 bits per heavy atom. The monoisotopic (exact) mass is 242 g/mol.